The Kier molecular flexibility index (Phi) is 10.8. The Morgan fingerprint density at radius 3 is 2.27 bits per heavy atom. The van der Waals surface area contributed by atoms with Gasteiger partial charge in [0.25, 0.3) is 0 Å². The molecule has 1 aromatic rings. The van der Waals surface area contributed by atoms with Crippen molar-refractivity contribution in [2.75, 3.05) is 13.1 Å². The van der Waals surface area contributed by atoms with Crippen LogP contribution in [-0.2, 0) is 17.9 Å². The SMILES string of the molecule is CC1CCN(Cc2ccccc2CNC(=O)[C@@H](N)C(C)(C)C)CC1.Cl.Cl. The molecule has 26 heavy (non-hydrogen) atoms. The van der Waals surface area contributed by atoms with Crippen LogP contribution in [0.25, 0.3) is 0 Å². The zero-order valence-electron chi connectivity index (χ0n) is 16.5. The van der Waals surface area contributed by atoms with E-state index in [1.165, 1.54) is 24.0 Å². The van der Waals surface area contributed by atoms with Gasteiger partial charge in [-0.3, -0.25) is 9.69 Å². The molecule has 0 saturated carbocycles. The third-order valence-corrected chi connectivity index (χ3v) is 5.06. The van der Waals surface area contributed by atoms with Crippen molar-refractivity contribution in [2.45, 2.75) is 59.7 Å². The Balaban J connectivity index is 0.00000312. The number of carbonyl (C=O) groups is 1. The minimum Gasteiger partial charge on any atom is -0.351 e. The van der Waals surface area contributed by atoms with Gasteiger partial charge in [0, 0.05) is 13.1 Å². The minimum atomic E-state index is -0.492. The molecule has 1 amide bonds. The standard InChI is InChI=1S/C20H33N3O.2ClH/c1-15-9-11-23(12-10-15)14-17-8-6-5-7-16(17)13-22-19(24)18(21)20(2,3)4;;/h5-8,15,18H,9-14,21H2,1-4H3,(H,22,24);2*1H/t18-;;/m1../s1. The van der Waals surface area contributed by atoms with Gasteiger partial charge in [0.1, 0.15) is 0 Å². The summed E-state index contributed by atoms with van der Waals surface area (Å²) in [5.41, 5.74) is 8.30. The predicted molar refractivity (Wildman–Crippen MR) is 114 cm³/mol. The van der Waals surface area contributed by atoms with Crippen LogP contribution >= 0.6 is 24.8 Å². The number of amides is 1. The first-order chi connectivity index (χ1) is 11.3. The van der Waals surface area contributed by atoms with Crippen molar-refractivity contribution in [3.8, 4) is 0 Å². The third kappa shape index (κ3) is 7.43. The Morgan fingerprint density at radius 2 is 1.73 bits per heavy atom. The molecule has 1 heterocycles. The van der Waals surface area contributed by atoms with E-state index in [1.54, 1.807) is 0 Å². The minimum absolute atomic E-state index is 0. The molecule has 4 nitrogen and oxygen atoms in total. The van der Waals surface area contributed by atoms with Crippen LogP contribution in [0.1, 0.15) is 51.7 Å². The number of hydrogen-bond acceptors (Lipinski definition) is 3. The van der Waals surface area contributed by atoms with Crippen molar-refractivity contribution in [1.29, 1.82) is 0 Å². The van der Waals surface area contributed by atoms with Gasteiger partial charge in [0.2, 0.25) is 5.91 Å². The van der Waals surface area contributed by atoms with E-state index in [9.17, 15) is 4.79 Å². The monoisotopic (exact) mass is 403 g/mol. The molecule has 2 rings (SSSR count). The fourth-order valence-electron chi connectivity index (χ4n) is 3.03. The summed E-state index contributed by atoms with van der Waals surface area (Å²) < 4.78 is 0. The molecule has 1 atom stereocenters. The van der Waals surface area contributed by atoms with Gasteiger partial charge in [-0.2, -0.15) is 0 Å². The van der Waals surface area contributed by atoms with Gasteiger partial charge in [-0.05, 0) is 48.4 Å². The molecule has 6 heteroatoms. The van der Waals surface area contributed by atoms with Gasteiger partial charge in [-0.1, -0.05) is 52.0 Å². The second kappa shape index (κ2) is 11.1. The third-order valence-electron chi connectivity index (χ3n) is 5.06. The summed E-state index contributed by atoms with van der Waals surface area (Å²) in [6, 6.07) is 7.89. The highest BCUT2D eigenvalue weighted by Crippen LogP contribution is 2.20. The number of halogens is 2. The van der Waals surface area contributed by atoms with Crippen LogP contribution in [0.15, 0.2) is 24.3 Å². The van der Waals surface area contributed by atoms with Crippen LogP contribution in [0.5, 0.6) is 0 Å². The van der Waals surface area contributed by atoms with E-state index in [2.05, 4.69) is 35.3 Å². The second-order valence-electron chi connectivity index (χ2n) is 8.29. The van der Waals surface area contributed by atoms with Gasteiger partial charge >= 0.3 is 0 Å². The lowest BCUT2D eigenvalue weighted by atomic mass is 9.87. The Morgan fingerprint density at radius 1 is 1.19 bits per heavy atom. The van der Waals surface area contributed by atoms with Crippen LogP contribution in [0.4, 0.5) is 0 Å². The maximum atomic E-state index is 12.3. The number of nitrogens with one attached hydrogen (secondary N) is 1. The smallest absolute Gasteiger partial charge is 0.237 e. The largest absolute Gasteiger partial charge is 0.351 e. The number of likely N-dealkylation sites (tertiary alicyclic amines) is 1. The number of rotatable bonds is 5. The van der Waals surface area contributed by atoms with E-state index < -0.39 is 6.04 Å². The molecule has 150 valence electrons. The summed E-state index contributed by atoms with van der Waals surface area (Å²) in [6.07, 6.45) is 2.55. The molecule has 0 bridgehead atoms. The van der Waals surface area contributed by atoms with Crippen LogP contribution < -0.4 is 11.1 Å². The van der Waals surface area contributed by atoms with E-state index in [1.807, 2.05) is 26.8 Å². The molecule has 0 aliphatic carbocycles. The fourth-order valence-corrected chi connectivity index (χ4v) is 3.03. The summed E-state index contributed by atoms with van der Waals surface area (Å²) in [5.74, 6) is 0.763. The molecular weight excluding hydrogens is 369 g/mol. The van der Waals surface area contributed by atoms with Crippen molar-refractivity contribution in [3.63, 3.8) is 0 Å². The van der Waals surface area contributed by atoms with E-state index >= 15 is 0 Å². The lowest BCUT2D eigenvalue weighted by Gasteiger charge is -2.31. The summed E-state index contributed by atoms with van der Waals surface area (Å²) in [6.45, 7) is 12.1. The average molecular weight is 404 g/mol. The molecule has 1 aromatic carbocycles. The molecule has 1 fully saturated rings. The summed E-state index contributed by atoms with van der Waals surface area (Å²) in [7, 11) is 0. The number of nitrogens with zero attached hydrogens (tertiary/aromatic N) is 1. The summed E-state index contributed by atoms with van der Waals surface area (Å²) in [5, 5.41) is 3.01. The maximum Gasteiger partial charge on any atom is 0.237 e. The van der Waals surface area contributed by atoms with Gasteiger partial charge in [0.05, 0.1) is 6.04 Å². The molecule has 1 aliphatic rings. The van der Waals surface area contributed by atoms with Crippen LogP contribution in [0, 0.1) is 11.3 Å². The molecule has 3 N–H and O–H groups in total. The van der Waals surface area contributed by atoms with Crippen LogP contribution in [0.2, 0.25) is 0 Å². The highest BCUT2D eigenvalue weighted by atomic mass is 35.5. The molecular formula is C20H35Cl2N3O. The summed E-state index contributed by atoms with van der Waals surface area (Å²) in [4.78, 5) is 14.8. The van der Waals surface area contributed by atoms with Crippen molar-refractivity contribution in [3.05, 3.63) is 35.4 Å². The first kappa shape index (κ1) is 25.2. The normalized spacial score (nSPS) is 17.0. The molecule has 0 spiro atoms. The Bertz CT molecular complexity index is 552. The number of nitrogens with two attached hydrogens (primary N) is 1. The summed E-state index contributed by atoms with van der Waals surface area (Å²) >= 11 is 0. The number of hydrogen-bond donors (Lipinski definition) is 2. The van der Waals surface area contributed by atoms with E-state index in [4.69, 9.17) is 5.73 Å². The molecule has 1 aliphatic heterocycles. The van der Waals surface area contributed by atoms with E-state index in [-0.39, 0.29) is 36.1 Å². The highest BCUT2D eigenvalue weighted by Gasteiger charge is 2.27. The molecule has 0 unspecified atom stereocenters. The topological polar surface area (TPSA) is 58.4 Å². The van der Waals surface area contributed by atoms with Crippen molar-refractivity contribution < 1.29 is 4.79 Å². The number of piperidine rings is 1. The van der Waals surface area contributed by atoms with Gasteiger partial charge in [0.15, 0.2) is 0 Å². The van der Waals surface area contributed by atoms with E-state index in [0.29, 0.717) is 6.54 Å². The van der Waals surface area contributed by atoms with Crippen molar-refractivity contribution in [1.82, 2.24) is 10.2 Å². The van der Waals surface area contributed by atoms with Gasteiger partial charge in [-0.25, -0.2) is 0 Å². The Labute approximate surface area is 171 Å². The van der Waals surface area contributed by atoms with Crippen LogP contribution in [0.3, 0.4) is 0 Å². The number of benzene rings is 1. The number of carbonyl (C=O) groups excluding carboxylic acids is 1. The average Bonchev–Trinajstić information content (AvgIpc) is 2.54. The molecule has 1 saturated heterocycles. The molecule has 0 aromatic heterocycles. The zero-order valence-corrected chi connectivity index (χ0v) is 18.1. The van der Waals surface area contributed by atoms with Crippen LogP contribution in [-0.4, -0.2) is 29.9 Å². The van der Waals surface area contributed by atoms with Gasteiger partial charge in [-0.15, -0.1) is 24.8 Å². The fraction of sp³-hybridized carbons (Fsp3) is 0.650. The quantitative estimate of drug-likeness (QED) is 0.786. The maximum absolute atomic E-state index is 12.3. The Hall–Kier alpha value is -0.810. The highest BCUT2D eigenvalue weighted by molar-refractivity contribution is 5.85. The lowest BCUT2D eigenvalue weighted by molar-refractivity contribution is -0.124. The second-order valence-corrected chi connectivity index (χ2v) is 8.29. The van der Waals surface area contributed by atoms with Crippen molar-refractivity contribution >= 4 is 30.7 Å². The molecule has 0 radical (unpaired) electrons. The van der Waals surface area contributed by atoms with E-state index in [0.717, 1.165) is 25.6 Å². The van der Waals surface area contributed by atoms with Gasteiger partial charge < -0.3 is 11.1 Å². The van der Waals surface area contributed by atoms with Crippen molar-refractivity contribution in [2.24, 2.45) is 17.1 Å². The zero-order chi connectivity index (χ0) is 17.7. The first-order valence-electron chi connectivity index (χ1n) is 9.10. The first-order valence-corrected chi connectivity index (χ1v) is 9.10. The lowest BCUT2D eigenvalue weighted by Crippen LogP contribution is -2.48. The predicted octanol–water partition coefficient (Wildman–Crippen LogP) is 3.75.